The summed E-state index contributed by atoms with van der Waals surface area (Å²) in [7, 11) is 1.58. The third-order valence-electron chi connectivity index (χ3n) is 2.88. The van der Waals surface area contributed by atoms with Crippen molar-refractivity contribution in [2.45, 2.75) is 13.8 Å². The van der Waals surface area contributed by atoms with Crippen LogP contribution in [0.5, 0.6) is 0 Å². The Kier molecular flexibility index (Phi) is 3.79. The second kappa shape index (κ2) is 5.52. The molecule has 2 N–H and O–H groups in total. The van der Waals surface area contributed by atoms with E-state index in [4.69, 9.17) is 0 Å². The van der Waals surface area contributed by atoms with Gasteiger partial charge in [0.2, 0.25) is 11.6 Å². The fourth-order valence-electron chi connectivity index (χ4n) is 1.91. The van der Waals surface area contributed by atoms with Crippen LogP contribution >= 0.6 is 0 Å². The highest BCUT2D eigenvalue weighted by molar-refractivity contribution is 5.74. The van der Waals surface area contributed by atoms with Gasteiger partial charge in [0.15, 0.2) is 0 Å². The number of anilines is 3. The summed E-state index contributed by atoms with van der Waals surface area (Å²) >= 11 is 0. The number of hydrogen-bond donors (Lipinski definition) is 2. The van der Waals surface area contributed by atoms with Gasteiger partial charge in [-0.15, -0.1) is 0 Å². The third kappa shape index (κ3) is 2.66. The number of benzene rings is 1. The van der Waals surface area contributed by atoms with E-state index in [1.807, 2.05) is 32.0 Å². The van der Waals surface area contributed by atoms with E-state index in [-0.39, 0.29) is 17.3 Å². The van der Waals surface area contributed by atoms with Crippen LogP contribution in [0.1, 0.15) is 11.1 Å². The van der Waals surface area contributed by atoms with E-state index < -0.39 is 4.92 Å². The number of nitro groups is 1. The second-order valence-electron chi connectivity index (χ2n) is 4.37. The highest BCUT2D eigenvalue weighted by Gasteiger charge is 2.22. The molecule has 20 heavy (non-hydrogen) atoms. The fraction of sp³-hybridized carbons (Fsp3) is 0.231. The van der Waals surface area contributed by atoms with E-state index in [1.54, 1.807) is 7.05 Å². The van der Waals surface area contributed by atoms with E-state index in [0.717, 1.165) is 16.8 Å². The molecule has 0 aliphatic heterocycles. The van der Waals surface area contributed by atoms with Gasteiger partial charge < -0.3 is 10.6 Å². The zero-order valence-corrected chi connectivity index (χ0v) is 11.5. The van der Waals surface area contributed by atoms with Gasteiger partial charge in [-0.05, 0) is 25.5 Å². The number of aryl methyl sites for hydroxylation is 2. The molecule has 2 aromatic rings. The lowest BCUT2D eigenvalue weighted by atomic mass is 10.1. The van der Waals surface area contributed by atoms with Gasteiger partial charge >= 0.3 is 5.69 Å². The van der Waals surface area contributed by atoms with Crippen molar-refractivity contribution in [1.82, 2.24) is 9.97 Å². The minimum Gasteiger partial charge on any atom is -0.367 e. The molecule has 1 aromatic carbocycles. The van der Waals surface area contributed by atoms with Crippen molar-refractivity contribution in [1.29, 1.82) is 0 Å². The Labute approximate surface area is 116 Å². The molecule has 0 amide bonds. The number of rotatable bonds is 4. The summed E-state index contributed by atoms with van der Waals surface area (Å²) in [6.07, 6.45) is 1.28. The lowest BCUT2D eigenvalue weighted by Gasteiger charge is -2.10. The lowest BCUT2D eigenvalue weighted by Crippen LogP contribution is -2.05. The van der Waals surface area contributed by atoms with Gasteiger partial charge in [0.25, 0.3) is 0 Å². The van der Waals surface area contributed by atoms with Gasteiger partial charge in [-0.25, -0.2) is 9.97 Å². The first kappa shape index (κ1) is 13.7. The van der Waals surface area contributed by atoms with E-state index in [9.17, 15) is 10.1 Å². The fourth-order valence-corrected chi connectivity index (χ4v) is 1.91. The molecule has 0 unspecified atom stereocenters. The second-order valence-corrected chi connectivity index (χ2v) is 4.37. The van der Waals surface area contributed by atoms with Crippen LogP contribution in [0.15, 0.2) is 24.5 Å². The van der Waals surface area contributed by atoms with Crippen LogP contribution < -0.4 is 10.6 Å². The lowest BCUT2D eigenvalue weighted by molar-refractivity contribution is -0.383. The molecule has 0 spiro atoms. The zero-order chi connectivity index (χ0) is 14.7. The molecule has 1 heterocycles. The van der Waals surface area contributed by atoms with Crippen molar-refractivity contribution in [3.8, 4) is 0 Å². The number of aromatic nitrogens is 2. The summed E-state index contributed by atoms with van der Waals surface area (Å²) in [5, 5.41) is 16.9. The third-order valence-corrected chi connectivity index (χ3v) is 2.88. The van der Waals surface area contributed by atoms with Crippen LogP contribution in [-0.2, 0) is 0 Å². The Bertz CT molecular complexity index is 657. The largest absolute Gasteiger partial charge is 0.367 e. The maximum atomic E-state index is 11.2. The predicted octanol–water partition coefficient (Wildman–Crippen LogP) is 2.79. The van der Waals surface area contributed by atoms with E-state index in [2.05, 4.69) is 20.6 Å². The van der Waals surface area contributed by atoms with Crippen molar-refractivity contribution in [3.05, 3.63) is 45.8 Å². The molecule has 0 bridgehead atoms. The Morgan fingerprint density at radius 1 is 1.20 bits per heavy atom. The van der Waals surface area contributed by atoms with Crippen molar-refractivity contribution in [2.75, 3.05) is 17.7 Å². The Balaban J connectivity index is 2.45. The normalized spacial score (nSPS) is 10.2. The SMILES string of the molecule is CNc1ncnc(Nc2ccc(C)cc2C)c1[N+](=O)[O-]. The zero-order valence-electron chi connectivity index (χ0n) is 11.5. The van der Waals surface area contributed by atoms with Crippen molar-refractivity contribution in [2.24, 2.45) is 0 Å². The Hall–Kier alpha value is -2.70. The van der Waals surface area contributed by atoms with Crippen LogP contribution in [0, 0.1) is 24.0 Å². The summed E-state index contributed by atoms with van der Waals surface area (Å²) in [5.74, 6) is 0.346. The van der Waals surface area contributed by atoms with Gasteiger partial charge in [0.05, 0.1) is 4.92 Å². The van der Waals surface area contributed by atoms with Gasteiger partial charge in [-0.3, -0.25) is 10.1 Å². The molecule has 0 aliphatic rings. The van der Waals surface area contributed by atoms with Crippen LogP contribution in [0.2, 0.25) is 0 Å². The molecule has 7 nitrogen and oxygen atoms in total. The Morgan fingerprint density at radius 3 is 2.50 bits per heavy atom. The molecule has 0 atom stereocenters. The molecule has 0 saturated heterocycles. The minimum absolute atomic E-state index is 0.168. The first-order chi connectivity index (χ1) is 9.52. The first-order valence-corrected chi connectivity index (χ1v) is 6.04. The molecular weight excluding hydrogens is 258 g/mol. The smallest absolute Gasteiger partial charge is 0.353 e. The van der Waals surface area contributed by atoms with Gasteiger partial charge in [0, 0.05) is 12.7 Å². The number of hydrogen-bond acceptors (Lipinski definition) is 6. The highest BCUT2D eigenvalue weighted by Crippen LogP contribution is 2.31. The highest BCUT2D eigenvalue weighted by atomic mass is 16.6. The summed E-state index contributed by atoms with van der Waals surface area (Å²) < 4.78 is 0. The molecule has 7 heteroatoms. The maximum absolute atomic E-state index is 11.2. The van der Waals surface area contributed by atoms with Gasteiger partial charge in [-0.2, -0.15) is 0 Å². The van der Waals surface area contributed by atoms with Crippen molar-refractivity contribution < 1.29 is 4.92 Å². The minimum atomic E-state index is -0.502. The first-order valence-electron chi connectivity index (χ1n) is 6.04. The Morgan fingerprint density at radius 2 is 1.90 bits per heavy atom. The molecule has 2 rings (SSSR count). The van der Waals surface area contributed by atoms with E-state index >= 15 is 0 Å². The molecule has 0 saturated carbocycles. The van der Waals surface area contributed by atoms with Crippen LogP contribution in [0.4, 0.5) is 23.0 Å². The number of nitrogens with one attached hydrogen (secondary N) is 2. The van der Waals surface area contributed by atoms with Gasteiger partial charge in [-0.1, -0.05) is 17.7 Å². The summed E-state index contributed by atoms with van der Waals surface area (Å²) in [4.78, 5) is 18.5. The molecular formula is C13H15N5O2. The van der Waals surface area contributed by atoms with Crippen LogP contribution in [0.25, 0.3) is 0 Å². The van der Waals surface area contributed by atoms with Gasteiger partial charge in [0.1, 0.15) is 6.33 Å². The molecule has 0 radical (unpaired) electrons. The molecule has 104 valence electrons. The quantitative estimate of drug-likeness (QED) is 0.657. The maximum Gasteiger partial charge on any atom is 0.353 e. The predicted molar refractivity (Wildman–Crippen MR) is 77.4 cm³/mol. The summed E-state index contributed by atoms with van der Waals surface area (Å²) in [5.41, 5.74) is 2.72. The average molecular weight is 273 g/mol. The monoisotopic (exact) mass is 273 g/mol. The average Bonchev–Trinajstić information content (AvgIpc) is 2.41. The standard InChI is InChI=1S/C13H15N5O2/c1-8-4-5-10(9(2)6-8)17-13-11(18(19)20)12(14-3)15-7-16-13/h4-7H,1-3H3,(H2,14,15,16,17). The van der Waals surface area contributed by atoms with Crippen LogP contribution in [0.3, 0.4) is 0 Å². The van der Waals surface area contributed by atoms with Crippen LogP contribution in [-0.4, -0.2) is 21.9 Å². The van der Waals surface area contributed by atoms with Crippen molar-refractivity contribution in [3.63, 3.8) is 0 Å². The molecule has 1 aromatic heterocycles. The topological polar surface area (TPSA) is 93.0 Å². The summed E-state index contributed by atoms with van der Waals surface area (Å²) in [6, 6.07) is 5.80. The number of nitrogens with zero attached hydrogens (tertiary/aromatic N) is 3. The summed E-state index contributed by atoms with van der Waals surface area (Å²) in [6.45, 7) is 3.92. The van der Waals surface area contributed by atoms with E-state index in [0.29, 0.717) is 0 Å². The molecule has 0 aliphatic carbocycles. The van der Waals surface area contributed by atoms with Crippen molar-refractivity contribution >= 4 is 23.0 Å². The molecule has 0 fully saturated rings. The van der Waals surface area contributed by atoms with E-state index in [1.165, 1.54) is 6.33 Å².